The molecule has 6 heteroatoms. The summed E-state index contributed by atoms with van der Waals surface area (Å²) in [5.41, 5.74) is 2.39. The van der Waals surface area contributed by atoms with Crippen molar-refractivity contribution >= 4 is 41.7 Å². The van der Waals surface area contributed by atoms with E-state index in [0.717, 1.165) is 19.0 Å². The molecular weight excluding hydrogens is 421 g/mol. The summed E-state index contributed by atoms with van der Waals surface area (Å²) in [6.45, 7) is 9.52. The first-order chi connectivity index (χ1) is 10.5. The van der Waals surface area contributed by atoms with Crippen LogP contribution >= 0.6 is 35.7 Å². The quantitative estimate of drug-likeness (QED) is 0.360. The summed E-state index contributed by atoms with van der Waals surface area (Å²) in [4.78, 5) is 4.69. The Bertz CT molecular complexity index is 481. The molecule has 0 heterocycles. The van der Waals surface area contributed by atoms with E-state index in [1.54, 1.807) is 7.11 Å². The van der Waals surface area contributed by atoms with Crippen LogP contribution < -0.4 is 10.6 Å². The topological polar surface area (TPSA) is 45.7 Å². The van der Waals surface area contributed by atoms with Crippen molar-refractivity contribution in [1.82, 2.24) is 10.6 Å². The molecule has 4 nitrogen and oxygen atoms in total. The highest BCUT2D eigenvalue weighted by Crippen LogP contribution is 2.19. The first-order valence-corrected chi connectivity index (χ1v) is 8.88. The number of halogens is 1. The maximum absolute atomic E-state index is 5.25. The zero-order valence-corrected chi connectivity index (χ0v) is 18.0. The van der Waals surface area contributed by atoms with Crippen LogP contribution in [0.25, 0.3) is 0 Å². The third-order valence-electron chi connectivity index (χ3n) is 3.40. The number of benzene rings is 1. The van der Waals surface area contributed by atoms with Crippen LogP contribution in [0.5, 0.6) is 0 Å². The Hall–Kier alpha value is -0.470. The highest BCUT2D eigenvalue weighted by molar-refractivity contribution is 14.0. The molecule has 0 saturated carbocycles. The van der Waals surface area contributed by atoms with Gasteiger partial charge in [0, 0.05) is 24.9 Å². The number of aliphatic imine (C=N–C) groups is 1. The minimum atomic E-state index is 0. The Balaban J connectivity index is 0.00000484. The third-order valence-corrected chi connectivity index (χ3v) is 4.65. The Morgan fingerprint density at radius 2 is 1.87 bits per heavy atom. The van der Waals surface area contributed by atoms with Gasteiger partial charge in [0.15, 0.2) is 5.96 Å². The minimum absolute atomic E-state index is 0. The molecule has 0 fully saturated rings. The van der Waals surface area contributed by atoms with Crippen LogP contribution in [0.1, 0.15) is 31.9 Å². The summed E-state index contributed by atoms with van der Waals surface area (Å²) in [5.74, 6) is 0.858. The van der Waals surface area contributed by atoms with Gasteiger partial charge in [-0.3, -0.25) is 0 Å². The van der Waals surface area contributed by atoms with E-state index in [9.17, 15) is 0 Å². The molecule has 0 bridgehead atoms. The van der Waals surface area contributed by atoms with Gasteiger partial charge in [-0.2, -0.15) is 11.8 Å². The standard InChI is InChI=1S/C17H29N3OS.HI/c1-6-18-16(20-13-17(2,3)22-5)19-11-14-9-7-8-10-15(14)12-21-4;/h7-10H,6,11-13H2,1-5H3,(H2,18,19,20);1H. The van der Waals surface area contributed by atoms with Crippen LogP contribution in [0.3, 0.4) is 0 Å². The summed E-state index contributed by atoms with van der Waals surface area (Å²) in [6, 6.07) is 8.27. The molecule has 0 amide bonds. The van der Waals surface area contributed by atoms with Crippen molar-refractivity contribution in [3.8, 4) is 0 Å². The summed E-state index contributed by atoms with van der Waals surface area (Å²) in [5, 5.41) is 6.72. The van der Waals surface area contributed by atoms with E-state index in [-0.39, 0.29) is 28.7 Å². The first-order valence-electron chi connectivity index (χ1n) is 7.65. The molecule has 0 aromatic heterocycles. The minimum Gasteiger partial charge on any atom is -0.380 e. The number of methoxy groups -OCH3 is 1. The van der Waals surface area contributed by atoms with Gasteiger partial charge < -0.3 is 15.4 Å². The molecule has 0 saturated heterocycles. The second-order valence-corrected chi connectivity index (χ2v) is 7.23. The predicted molar refractivity (Wildman–Crippen MR) is 113 cm³/mol. The molecule has 0 aliphatic carbocycles. The predicted octanol–water partition coefficient (Wildman–Crippen LogP) is 3.65. The van der Waals surface area contributed by atoms with Crippen molar-refractivity contribution in [2.24, 2.45) is 4.99 Å². The van der Waals surface area contributed by atoms with Crippen LogP contribution in [0.2, 0.25) is 0 Å². The van der Waals surface area contributed by atoms with Gasteiger partial charge in [-0.05, 0) is 38.2 Å². The van der Waals surface area contributed by atoms with E-state index in [1.165, 1.54) is 11.1 Å². The van der Waals surface area contributed by atoms with Gasteiger partial charge in [-0.15, -0.1) is 24.0 Å². The van der Waals surface area contributed by atoms with Gasteiger partial charge in [0.25, 0.3) is 0 Å². The van der Waals surface area contributed by atoms with Crippen LogP contribution in [0.4, 0.5) is 0 Å². The lowest BCUT2D eigenvalue weighted by Crippen LogP contribution is -2.43. The van der Waals surface area contributed by atoms with Crippen LogP contribution in [0, 0.1) is 0 Å². The van der Waals surface area contributed by atoms with E-state index in [4.69, 9.17) is 9.73 Å². The number of hydrogen-bond donors (Lipinski definition) is 2. The van der Waals surface area contributed by atoms with Crippen LogP contribution in [-0.2, 0) is 17.9 Å². The van der Waals surface area contributed by atoms with Crippen molar-refractivity contribution in [1.29, 1.82) is 0 Å². The number of nitrogens with zero attached hydrogens (tertiary/aromatic N) is 1. The first kappa shape index (κ1) is 22.5. The van der Waals surface area contributed by atoms with E-state index >= 15 is 0 Å². The second-order valence-electron chi connectivity index (χ2n) is 5.71. The van der Waals surface area contributed by atoms with Gasteiger partial charge in [0.2, 0.25) is 0 Å². The average molecular weight is 451 g/mol. The summed E-state index contributed by atoms with van der Waals surface area (Å²) in [7, 11) is 1.72. The Labute approximate surface area is 162 Å². The van der Waals surface area contributed by atoms with Crippen molar-refractivity contribution in [2.45, 2.75) is 38.7 Å². The van der Waals surface area contributed by atoms with Gasteiger partial charge in [-0.25, -0.2) is 4.99 Å². The molecule has 2 N–H and O–H groups in total. The number of rotatable bonds is 8. The molecule has 132 valence electrons. The molecule has 0 aliphatic rings. The van der Waals surface area contributed by atoms with Crippen molar-refractivity contribution in [3.63, 3.8) is 0 Å². The zero-order valence-electron chi connectivity index (χ0n) is 14.8. The Kier molecular flexibility index (Phi) is 11.7. The van der Waals surface area contributed by atoms with E-state index in [2.05, 4.69) is 49.8 Å². The summed E-state index contributed by atoms with van der Waals surface area (Å²) in [6.07, 6.45) is 2.13. The van der Waals surface area contributed by atoms with E-state index in [0.29, 0.717) is 13.2 Å². The van der Waals surface area contributed by atoms with Gasteiger partial charge in [0.05, 0.1) is 13.2 Å². The number of guanidine groups is 1. The summed E-state index contributed by atoms with van der Waals surface area (Å²) < 4.78 is 5.43. The van der Waals surface area contributed by atoms with Gasteiger partial charge in [0.1, 0.15) is 0 Å². The summed E-state index contributed by atoms with van der Waals surface area (Å²) >= 11 is 1.85. The number of nitrogens with one attached hydrogen (secondary N) is 2. The maximum atomic E-state index is 5.25. The lowest BCUT2D eigenvalue weighted by atomic mass is 10.1. The van der Waals surface area contributed by atoms with Crippen molar-refractivity contribution < 1.29 is 4.74 Å². The number of ether oxygens (including phenoxy) is 1. The van der Waals surface area contributed by atoms with Crippen molar-refractivity contribution in [3.05, 3.63) is 35.4 Å². The molecule has 23 heavy (non-hydrogen) atoms. The fraction of sp³-hybridized carbons (Fsp3) is 0.588. The zero-order chi connectivity index (χ0) is 16.4. The lowest BCUT2D eigenvalue weighted by molar-refractivity contribution is 0.184. The average Bonchev–Trinajstić information content (AvgIpc) is 2.52. The molecule has 0 aliphatic heterocycles. The van der Waals surface area contributed by atoms with Gasteiger partial charge >= 0.3 is 0 Å². The number of hydrogen-bond acceptors (Lipinski definition) is 3. The van der Waals surface area contributed by atoms with Crippen LogP contribution in [-0.4, -0.2) is 37.2 Å². The molecular formula is C17H30IN3OS. The Morgan fingerprint density at radius 1 is 1.22 bits per heavy atom. The number of thioether (sulfide) groups is 1. The van der Waals surface area contributed by atoms with Crippen molar-refractivity contribution in [2.75, 3.05) is 26.5 Å². The highest BCUT2D eigenvalue weighted by Gasteiger charge is 2.16. The third kappa shape index (κ3) is 8.81. The maximum Gasteiger partial charge on any atom is 0.191 e. The lowest BCUT2D eigenvalue weighted by Gasteiger charge is -2.23. The molecule has 0 unspecified atom stereocenters. The van der Waals surface area contributed by atoms with E-state index < -0.39 is 0 Å². The molecule has 0 radical (unpaired) electrons. The highest BCUT2D eigenvalue weighted by atomic mass is 127. The molecule has 1 rings (SSSR count). The molecule has 1 aromatic carbocycles. The van der Waals surface area contributed by atoms with Gasteiger partial charge in [-0.1, -0.05) is 24.3 Å². The fourth-order valence-electron chi connectivity index (χ4n) is 1.88. The Morgan fingerprint density at radius 3 is 2.43 bits per heavy atom. The molecule has 0 spiro atoms. The SMILES string of the molecule is CCNC(=NCc1ccccc1COC)NCC(C)(C)SC.I. The fourth-order valence-corrected chi connectivity index (χ4v) is 2.10. The molecule has 0 atom stereocenters. The largest absolute Gasteiger partial charge is 0.380 e. The van der Waals surface area contributed by atoms with E-state index in [1.807, 2.05) is 23.9 Å². The molecule has 1 aromatic rings. The van der Waals surface area contributed by atoms with Crippen LogP contribution in [0.15, 0.2) is 29.3 Å². The smallest absolute Gasteiger partial charge is 0.191 e. The monoisotopic (exact) mass is 451 g/mol. The normalized spacial score (nSPS) is 11.8. The second kappa shape index (κ2) is 12.0.